The number of aliphatic carboxylic acids is 1. The van der Waals surface area contributed by atoms with Crippen molar-refractivity contribution in [2.45, 2.75) is 64.6 Å². The van der Waals surface area contributed by atoms with E-state index in [-0.39, 0.29) is 24.8 Å². The Morgan fingerprint density at radius 1 is 1.32 bits per heavy atom. The Bertz CT molecular complexity index is 311. The van der Waals surface area contributed by atoms with Crippen molar-refractivity contribution in [2.24, 2.45) is 11.8 Å². The second-order valence-corrected chi connectivity index (χ2v) is 7.12. The number of carboxylic acids is 1. The van der Waals surface area contributed by atoms with Crippen molar-refractivity contribution in [1.29, 1.82) is 0 Å². The molecule has 0 bridgehead atoms. The summed E-state index contributed by atoms with van der Waals surface area (Å²) in [6.45, 7) is 9.98. The van der Waals surface area contributed by atoms with Crippen LogP contribution in [-0.4, -0.2) is 43.5 Å². The summed E-state index contributed by atoms with van der Waals surface area (Å²) < 4.78 is 0. The van der Waals surface area contributed by atoms with Crippen LogP contribution < -0.4 is 0 Å². The molecule has 0 amide bonds. The van der Waals surface area contributed by atoms with Gasteiger partial charge in [-0.2, -0.15) is 0 Å². The number of likely N-dealkylation sites (tertiary alicyclic amines) is 1. The Morgan fingerprint density at radius 3 is 2.27 bits per heavy atom. The Morgan fingerprint density at radius 2 is 1.86 bits per heavy atom. The summed E-state index contributed by atoms with van der Waals surface area (Å²) >= 11 is 0. The van der Waals surface area contributed by atoms with Gasteiger partial charge in [0, 0.05) is 5.31 Å². The molecule has 1 aliphatic heterocycles. The predicted molar refractivity (Wildman–Crippen MR) is 102 cm³/mol. The molecule has 1 heterocycles. The minimum atomic E-state index is -0.591. The van der Waals surface area contributed by atoms with Gasteiger partial charge in [-0.3, -0.25) is 4.79 Å². The molecule has 0 aromatic carbocycles. The number of nitrogens with zero attached hydrogens (tertiary/aromatic N) is 1. The van der Waals surface area contributed by atoms with Gasteiger partial charge in [0.25, 0.3) is 0 Å². The molecule has 1 aliphatic rings. The third-order valence-electron chi connectivity index (χ3n) is 5.05. The molecule has 3 nitrogen and oxygen atoms in total. The van der Waals surface area contributed by atoms with Gasteiger partial charge in [0.05, 0.1) is 0 Å². The zero-order valence-corrected chi connectivity index (χ0v) is 16.3. The molecule has 0 aromatic rings. The van der Waals surface area contributed by atoms with E-state index >= 15 is 0 Å². The fourth-order valence-corrected chi connectivity index (χ4v) is 3.26. The van der Waals surface area contributed by atoms with Crippen LogP contribution in [0.1, 0.15) is 59.3 Å². The van der Waals surface area contributed by atoms with Crippen molar-refractivity contribution < 1.29 is 9.90 Å². The van der Waals surface area contributed by atoms with Gasteiger partial charge >= 0.3 is 5.97 Å². The molecule has 0 saturated carbocycles. The zero-order chi connectivity index (χ0) is 15.2. The van der Waals surface area contributed by atoms with Crippen molar-refractivity contribution in [2.75, 3.05) is 19.6 Å². The topological polar surface area (TPSA) is 40.5 Å². The van der Waals surface area contributed by atoms with Gasteiger partial charge in [-0.1, -0.05) is 33.6 Å². The van der Waals surface area contributed by atoms with Crippen molar-refractivity contribution in [3.63, 3.8) is 0 Å². The summed E-state index contributed by atoms with van der Waals surface area (Å²) in [6, 6.07) is 0. The highest BCUT2D eigenvalue weighted by molar-refractivity contribution is 6.26. The van der Waals surface area contributed by atoms with Gasteiger partial charge in [0.15, 0.2) is 0 Å². The minimum Gasteiger partial charge on any atom is -0.481 e. The molecule has 1 rings (SSSR count). The summed E-state index contributed by atoms with van der Waals surface area (Å²) in [5.74, 6) is 0.509. The van der Waals surface area contributed by atoms with Crippen molar-refractivity contribution in [3.8, 4) is 0 Å². The van der Waals surface area contributed by atoms with E-state index in [9.17, 15) is 9.90 Å². The number of rotatable bonds is 8. The molecule has 1 saturated heterocycles. The first-order valence-electron chi connectivity index (χ1n) is 8.36. The fraction of sp³-hybridized carbons (Fsp3) is 0.938. The van der Waals surface area contributed by atoms with E-state index in [2.05, 4.69) is 25.7 Å². The molecule has 0 aliphatic carbocycles. The summed E-state index contributed by atoms with van der Waals surface area (Å²) in [4.78, 5) is 14.2. The Labute approximate surface area is 149 Å². The van der Waals surface area contributed by atoms with Gasteiger partial charge in [0.2, 0.25) is 0 Å². The van der Waals surface area contributed by atoms with E-state index in [1.54, 1.807) is 0 Å². The van der Waals surface area contributed by atoms with E-state index in [0.717, 1.165) is 51.1 Å². The number of hydrogen-bond donors (Lipinski definition) is 1. The van der Waals surface area contributed by atoms with E-state index in [1.807, 2.05) is 7.85 Å². The van der Waals surface area contributed by atoms with Gasteiger partial charge in [0.1, 0.15) is 7.85 Å². The van der Waals surface area contributed by atoms with Gasteiger partial charge in [-0.05, 0) is 57.2 Å². The molecule has 132 valence electrons. The van der Waals surface area contributed by atoms with E-state index in [1.165, 1.54) is 13.0 Å². The lowest BCUT2D eigenvalue weighted by Crippen LogP contribution is -2.42. The first kappa shape index (κ1) is 24.3. The molecule has 1 fully saturated rings. The molecule has 22 heavy (non-hydrogen) atoms. The van der Waals surface area contributed by atoms with Crippen LogP contribution in [0.15, 0.2) is 0 Å². The summed E-state index contributed by atoms with van der Waals surface area (Å²) in [7, 11) is 1.97. The number of carbonyl (C=O) groups is 1. The Balaban J connectivity index is 0. The van der Waals surface area contributed by atoms with Crippen molar-refractivity contribution in [1.82, 2.24) is 4.90 Å². The summed E-state index contributed by atoms with van der Waals surface area (Å²) in [5.41, 5.74) is 0. The van der Waals surface area contributed by atoms with Crippen LogP contribution in [-0.2, 0) is 4.79 Å². The van der Waals surface area contributed by atoms with Gasteiger partial charge < -0.3 is 10.0 Å². The molecule has 0 radical (unpaired) electrons. The van der Waals surface area contributed by atoms with E-state index < -0.39 is 11.3 Å². The largest absolute Gasteiger partial charge is 0.481 e. The average Bonchev–Trinajstić information content (AvgIpc) is 2.42. The van der Waals surface area contributed by atoms with Crippen LogP contribution in [0.2, 0.25) is 5.31 Å². The van der Waals surface area contributed by atoms with Gasteiger partial charge in [-0.25, -0.2) is 0 Å². The van der Waals surface area contributed by atoms with Crippen molar-refractivity contribution in [3.05, 3.63) is 0 Å². The smallest absolute Gasteiger partial charge is 0.301 e. The maximum atomic E-state index is 11.7. The predicted octanol–water partition coefficient (Wildman–Crippen LogP) is 3.65. The highest BCUT2D eigenvalue weighted by Gasteiger charge is 2.41. The summed E-state index contributed by atoms with van der Waals surface area (Å²) in [6.07, 6.45) is 6.27. The quantitative estimate of drug-likeness (QED) is 0.677. The van der Waals surface area contributed by atoms with Crippen LogP contribution in [0.5, 0.6) is 0 Å². The third kappa shape index (κ3) is 7.10. The molecule has 0 spiro atoms. The van der Waals surface area contributed by atoms with Crippen LogP contribution >= 0.6 is 24.8 Å². The number of hydrogen-bond acceptors (Lipinski definition) is 2. The molecule has 6 heteroatoms. The Kier molecular flexibility index (Phi) is 12.8. The average molecular weight is 354 g/mol. The van der Waals surface area contributed by atoms with Gasteiger partial charge in [-0.15, -0.1) is 24.8 Å². The number of unbranched alkanes of at least 4 members (excludes halogenated alkanes) is 1. The van der Waals surface area contributed by atoms with Crippen LogP contribution in [0.3, 0.4) is 0 Å². The number of carboxylic acid groups (broad SMARTS) is 1. The lowest BCUT2D eigenvalue weighted by Gasteiger charge is -2.40. The Hall–Kier alpha value is 0.0749. The lowest BCUT2D eigenvalue weighted by atomic mass is 9.56. The SMILES string of the molecule is BC(CCCC)(C(=O)O)C1CCN(CCC(C)C)CC1.Cl.Cl. The zero-order valence-electron chi connectivity index (χ0n) is 14.6. The normalized spacial score (nSPS) is 19.1. The molecule has 0 aromatic heterocycles. The number of halogens is 2. The van der Waals surface area contributed by atoms with Crippen LogP contribution in [0.4, 0.5) is 0 Å². The van der Waals surface area contributed by atoms with Crippen molar-refractivity contribution >= 4 is 38.6 Å². The molecular formula is C16H34BCl2NO2. The summed E-state index contributed by atoms with van der Waals surface area (Å²) in [5, 5.41) is 9.13. The lowest BCUT2D eigenvalue weighted by molar-refractivity contribution is -0.143. The fourth-order valence-electron chi connectivity index (χ4n) is 3.26. The minimum absolute atomic E-state index is 0. The second-order valence-electron chi connectivity index (χ2n) is 7.12. The monoisotopic (exact) mass is 353 g/mol. The molecule has 1 unspecified atom stereocenters. The second kappa shape index (κ2) is 11.6. The first-order valence-corrected chi connectivity index (χ1v) is 8.36. The highest BCUT2D eigenvalue weighted by atomic mass is 35.5. The first-order chi connectivity index (χ1) is 9.40. The van der Waals surface area contributed by atoms with E-state index in [0.29, 0.717) is 5.92 Å². The maximum absolute atomic E-state index is 11.7. The van der Waals surface area contributed by atoms with E-state index in [4.69, 9.17) is 0 Å². The standard InChI is InChI=1S/C16H32BNO2.2ClH/c1-4-5-9-16(17,15(19)20)14-7-11-18(12-8-14)10-6-13(2)3;;/h13-14H,4-12,17H2,1-3H3,(H,19,20);2*1H. The maximum Gasteiger partial charge on any atom is 0.301 e. The highest BCUT2D eigenvalue weighted by Crippen LogP contribution is 2.43. The third-order valence-corrected chi connectivity index (χ3v) is 5.05. The molecule has 1 N–H and O–H groups in total. The molecule has 1 atom stereocenters. The van der Waals surface area contributed by atoms with Crippen LogP contribution in [0.25, 0.3) is 0 Å². The molecular weight excluding hydrogens is 320 g/mol. The van der Waals surface area contributed by atoms with Crippen LogP contribution in [0, 0.1) is 11.8 Å². The number of piperidine rings is 1.